The molecular weight excluding hydrogens is 396 g/mol. The van der Waals surface area contributed by atoms with Crippen LogP contribution in [0.1, 0.15) is 69.0 Å². The van der Waals surface area contributed by atoms with Gasteiger partial charge in [-0.3, -0.25) is 14.5 Å². The third kappa shape index (κ3) is 4.23. The number of carboxylic acids is 1. The van der Waals surface area contributed by atoms with Gasteiger partial charge in [0.1, 0.15) is 0 Å². The topological polar surface area (TPSA) is 70.5 Å². The Morgan fingerprint density at radius 1 is 1.36 bits per heavy atom. The summed E-state index contributed by atoms with van der Waals surface area (Å²) >= 11 is 7.55. The van der Waals surface area contributed by atoms with Gasteiger partial charge in [-0.1, -0.05) is 44.0 Å². The van der Waals surface area contributed by atoms with Gasteiger partial charge in [0.15, 0.2) is 5.13 Å². The molecule has 0 saturated heterocycles. The van der Waals surface area contributed by atoms with Crippen molar-refractivity contribution in [2.24, 2.45) is 0 Å². The van der Waals surface area contributed by atoms with Crippen molar-refractivity contribution in [2.75, 3.05) is 4.90 Å². The summed E-state index contributed by atoms with van der Waals surface area (Å²) in [6, 6.07) is 7.85. The van der Waals surface area contributed by atoms with Crippen molar-refractivity contribution in [3.63, 3.8) is 0 Å². The molecule has 1 saturated carbocycles. The summed E-state index contributed by atoms with van der Waals surface area (Å²) in [6.07, 6.45) is 3.76. The Labute approximate surface area is 174 Å². The predicted octanol–water partition coefficient (Wildman–Crippen LogP) is 5.45. The first-order valence-electron chi connectivity index (χ1n) is 9.72. The van der Waals surface area contributed by atoms with Crippen LogP contribution in [0.4, 0.5) is 5.13 Å². The first-order valence-corrected chi connectivity index (χ1v) is 11.0. The highest BCUT2D eigenvalue weighted by Crippen LogP contribution is 2.41. The molecule has 1 aliphatic rings. The molecule has 1 amide bonds. The summed E-state index contributed by atoms with van der Waals surface area (Å²) in [5.74, 6) is -1.31. The Bertz CT molecular complexity index is 854. The molecule has 3 rings (SSSR count). The lowest BCUT2D eigenvalue weighted by atomic mass is 9.93. The normalized spacial score (nSPS) is 20.1. The number of aromatic nitrogens is 1. The first-order chi connectivity index (χ1) is 13.5. The number of aliphatic carboxylic acids is 1. The number of amides is 1. The number of rotatable bonds is 7. The molecule has 1 N–H and O–H groups in total. The highest BCUT2D eigenvalue weighted by molar-refractivity contribution is 7.14. The van der Waals surface area contributed by atoms with Gasteiger partial charge in [-0.15, -0.1) is 11.3 Å². The Balaban J connectivity index is 1.95. The lowest BCUT2D eigenvalue weighted by molar-refractivity contribution is -0.138. The Morgan fingerprint density at radius 3 is 2.79 bits per heavy atom. The Hall–Kier alpha value is -1.92. The fourth-order valence-corrected chi connectivity index (χ4v) is 5.19. The van der Waals surface area contributed by atoms with Crippen LogP contribution in [0.2, 0.25) is 5.02 Å². The van der Waals surface area contributed by atoms with Crippen LogP contribution in [0.25, 0.3) is 0 Å². The Kier molecular flexibility index (Phi) is 6.73. The van der Waals surface area contributed by atoms with E-state index in [0.717, 1.165) is 24.8 Å². The highest BCUT2D eigenvalue weighted by atomic mass is 35.5. The minimum atomic E-state index is -0.884. The van der Waals surface area contributed by atoms with Gasteiger partial charge in [-0.2, -0.15) is 0 Å². The number of carbonyl (C=O) groups excluding carboxylic acids is 1. The smallest absolute Gasteiger partial charge is 0.312 e. The van der Waals surface area contributed by atoms with Gasteiger partial charge in [-0.25, -0.2) is 4.98 Å². The van der Waals surface area contributed by atoms with Crippen molar-refractivity contribution in [3.05, 3.63) is 45.9 Å². The van der Waals surface area contributed by atoms with E-state index in [0.29, 0.717) is 28.7 Å². The van der Waals surface area contributed by atoms with Crippen LogP contribution in [0, 0.1) is 0 Å². The summed E-state index contributed by atoms with van der Waals surface area (Å²) in [4.78, 5) is 30.8. The molecule has 3 unspecified atom stereocenters. The summed E-state index contributed by atoms with van der Waals surface area (Å²) in [6.45, 7) is 3.68. The monoisotopic (exact) mass is 420 g/mol. The third-order valence-electron chi connectivity index (χ3n) is 5.44. The predicted molar refractivity (Wildman–Crippen MR) is 112 cm³/mol. The molecule has 5 nitrogen and oxygen atoms in total. The van der Waals surface area contributed by atoms with Crippen LogP contribution in [-0.4, -0.2) is 28.0 Å². The number of carbonyl (C=O) groups is 2. The van der Waals surface area contributed by atoms with E-state index >= 15 is 0 Å². The van der Waals surface area contributed by atoms with Crippen molar-refractivity contribution in [1.29, 1.82) is 0 Å². The average Bonchev–Trinajstić information content (AvgIpc) is 3.33. The molecule has 1 heterocycles. The quantitative estimate of drug-likeness (QED) is 0.646. The van der Waals surface area contributed by atoms with E-state index in [1.54, 1.807) is 10.3 Å². The molecular formula is C21H25ClN2O3S. The number of carboxylic acid groups (broad SMARTS) is 1. The number of anilines is 1. The second-order valence-corrected chi connectivity index (χ2v) is 8.40. The molecule has 0 radical (unpaired) electrons. The van der Waals surface area contributed by atoms with Gasteiger partial charge in [-0.05, 0) is 37.0 Å². The minimum absolute atomic E-state index is 0.00909. The summed E-state index contributed by atoms with van der Waals surface area (Å²) in [7, 11) is 0. The van der Waals surface area contributed by atoms with Gasteiger partial charge < -0.3 is 5.11 Å². The number of benzene rings is 1. The number of hydrogen-bond acceptors (Lipinski definition) is 4. The maximum absolute atomic E-state index is 12.9. The average molecular weight is 421 g/mol. The van der Waals surface area contributed by atoms with Gasteiger partial charge in [0.05, 0.1) is 11.6 Å². The molecule has 2 aromatic rings. The first kappa shape index (κ1) is 20.8. The summed E-state index contributed by atoms with van der Waals surface area (Å²) in [5, 5.41) is 12.5. The van der Waals surface area contributed by atoms with Crippen molar-refractivity contribution in [3.8, 4) is 0 Å². The number of nitrogens with zero attached hydrogens (tertiary/aromatic N) is 2. The van der Waals surface area contributed by atoms with E-state index < -0.39 is 11.9 Å². The van der Waals surface area contributed by atoms with E-state index in [1.165, 1.54) is 11.3 Å². The lowest BCUT2D eigenvalue weighted by Crippen LogP contribution is -2.41. The van der Waals surface area contributed by atoms with Crippen LogP contribution < -0.4 is 4.90 Å². The number of hydrogen-bond donors (Lipinski definition) is 1. The van der Waals surface area contributed by atoms with Crippen molar-refractivity contribution in [1.82, 2.24) is 4.98 Å². The second kappa shape index (κ2) is 9.05. The summed E-state index contributed by atoms with van der Waals surface area (Å²) < 4.78 is 0. The fraction of sp³-hybridized carbons (Fsp3) is 0.476. The molecule has 1 fully saturated rings. The van der Waals surface area contributed by atoms with Crippen molar-refractivity contribution < 1.29 is 14.7 Å². The van der Waals surface area contributed by atoms with Gasteiger partial charge in [0.25, 0.3) is 0 Å². The molecule has 1 aliphatic carbocycles. The molecule has 150 valence electrons. The SMILES string of the molecule is CCC(=O)N(c1nc(C(CC)C(=O)O)cs1)C1CCCC1c1cccc(Cl)c1. The third-order valence-corrected chi connectivity index (χ3v) is 6.53. The van der Waals surface area contributed by atoms with Gasteiger partial charge in [0.2, 0.25) is 5.91 Å². The van der Waals surface area contributed by atoms with E-state index in [-0.39, 0.29) is 17.9 Å². The molecule has 3 atom stereocenters. The molecule has 0 aliphatic heterocycles. The van der Waals surface area contributed by atoms with Crippen LogP contribution >= 0.6 is 22.9 Å². The second-order valence-electron chi connectivity index (χ2n) is 7.13. The molecule has 1 aromatic carbocycles. The molecule has 0 spiro atoms. The fourth-order valence-electron chi connectivity index (χ4n) is 4.04. The summed E-state index contributed by atoms with van der Waals surface area (Å²) in [5.41, 5.74) is 1.67. The van der Waals surface area contributed by atoms with Crippen LogP contribution in [0.5, 0.6) is 0 Å². The zero-order chi connectivity index (χ0) is 20.3. The standard InChI is InChI=1S/C21H25ClN2O3S/c1-3-15(20(26)27)17-12-28-21(23-17)24(19(25)4-2)18-10-6-9-16(18)13-7-5-8-14(22)11-13/h5,7-8,11-12,15-16,18H,3-4,6,9-10H2,1-2H3,(H,26,27). The van der Waals surface area contributed by atoms with Gasteiger partial charge >= 0.3 is 5.97 Å². The molecule has 0 bridgehead atoms. The van der Waals surface area contributed by atoms with Crippen LogP contribution in [0.3, 0.4) is 0 Å². The molecule has 28 heavy (non-hydrogen) atoms. The lowest BCUT2D eigenvalue weighted by Gasteiger charge is -2.31. The maximum Gasteiger partial charge on any atom is 0.312 e. The van der Waals surface area contributed by atoms with Gasteiger partial charge in [0, 0.05) is 28.8 Å². The van der Waals surface area contributed by atoms with Crippen LogP contribution in [-0.2, 0) is 9.59 Å². The van der Waals surface area contributed by atoms with E-state index in [2.05, 4.69) is 11.1 Å². The maximum atomic E-state index is 12.9. The van der Waals surface area contributed by atoms with E-state index in [1.807, 2.05) is 32.0 Å². The zero-order valence-electron chi connectivity index (χ0n) is 16.1. The zero-order valence-corrected chi connectivity index (χ0v) is 17.7. The van der Waals surface area contributed by atoms with E-state index in [4.69, 9.17) is 11.6 Å². The minimum Gasteiger partial charge on any atom is -0.481 e. The molecule has 1 aromatic heterocycles. The number of halogens is 1. The Morgan fingerprint density at radius 2 is 2.14 bits per heavy atom. The highest BCUT2D eigenvalue weighted by Gasteiger charge is 2.37. The van der Waals surface area contributed by atoms with E-state index in [9.17, 15) is 14.7 Å². The van der Waals surface area contributed by atoms with Crippen molar-refractivity contribution >= 4 is 39.9 Å². The van der Waals surface area contributed by atoms with Crippen LogP contribution in [0.15, 0.2) is 29.6 Å². The largest absolute Gasteiger partial charge is 0.481 e. The number of thiazole rings is 1. The molecule has 7 heteroatoms. The van der Waals surface area contributed by atoms with Crippen molar-refractivity contribution in [2.45, 2.75) is 63.8 Å².